The molecule has 0 aromatic heterocycles. The molecule has 1 rings (SSSR count). The van der Waals surface area contributed by atoms with E-state index in [1.54, 1.807) is 24.3 Å². The molecule has 100 valence electrons. The minimum absolute atomic E-state index is 0.0160. The van der Waals surface area contributed by atoms with E-state index in [2.05, 4.69) is 10.6 Å². The zero-order chi connectivity index (χ0) is 13.5. The predicted molar refractivity (Wildman–Crippen MR) is 73.8 cm³/mol. The maximum absolute atomic E-state index is 11.7. The summed E-state index contributed by atoms with van der Waals surface area (Å²) in [5.74, 6) is 0.116. The van der Waals surface area contributed by atoms with Gasteiger partial charge in [-0.15, -0.1) is 0 Å². The quantitative estimate of drug-likeness (QED) is 0.740. The van der Waals surface area contributed by atoms with Gasteiger partial charge in [-0.2, -0.15) is 0 Å². The summed E-state index contributed by atoms with van der Waals surface area (Å²) in [4.78, 5) is 11.7. The number of halogens is 1. The predicted octanol–water partition coefficient (Wildman–Crippen LogP) is 1.88. The Morgan fingerprint density at radius 1 is 1.44 bits per heavy atom. The summed E-state index contributed by atoms with van der Waals surface area (Å²) in [6.45, 7) is 4.16. The number of benzene rings is 1. The van der Waals surface area contributed by atoms with Crippen LogP contribution >= 0.6 is 11.6 Å². The normalized spacial score (nSPS) is 12.5. The Labute approximate surface area is 112 Å². The number of carbonyl (C=O) groups excluding carboxylic acids is 1. The third-order valence-corrected chi connectivity index (χ3v) is 2.87. The van der Waals surface area contributed by atoms with Crippen LogP contribution in [0.3, 0.4) is 0 Å². The highest BCUT2D eigenvalue weighted by molar-refractivity contribution is 6.30. The summed E-state index contributed by atoms with van der Waals surface area (Å²) >= 11 is 5.82. The van der Waals surface area contributed by atoms with Crippen molar-refractivity contribution < 1.29 is 9.90 Å². The Kier molecular flexibility index (Phi) is 6.12. The van der Waals surface area contributed by atoms with Crippen molar-refractivity contribution in [1.82, 2.24) is 5.32 Å². The topological polar surface area (TPSA) is 61.4 Å². The van der Waals surface area contributed by atoms with E-state index in [4.69, 9.17) is 16.7 Å². The van der Waals surface area contributed by atoms with E-state index in [1.165, 1.54) is 0 Å². The number of aliphatic hydroxyl groups is 1. The lowest BCUT2D eigenvalue weighted by molar-refractivity contribution is -0.115. The lowest BCUT2D eigenvalue weighted by Gasteiger charge is -2.19. The monoisotopic (exact) mass is 270 g/mol. The molecular formula is C13H19ClN2O2. The SMILES string of the molecule is CC(C)C(CO)NCC(=O)Nc1cccc(Cl)c1. The molecule has 1 amide bonds. The molecule has 18 heavy (non-hydrogen) atoms. The summed E-state index contributed by atoms with van der Waals surface area (Å²) in [5.41, 5.74) is 0.666. The fraction of sp³-hybridized carbons (Fsp3) is 0.462. The Balaban J connectivity index is 2.42. The van der Waals surface area contributed by atoms with E-state index in [0.717, 1.165) is 0 Å². The van der Waals surface area contributed by atoms with Gasteiger partial charge >= 0.3 is 0 Å². The molecule has 1 aromatic carbocycles. The van der Waals surface area contributed by atoms with Crippen molar-refractivity contribution in [1.29, 1.82) is 0 Å². The molecule has 0 aliphatic carbocycles. The first-order valence-electron chi connectivity index (χ1n) is 5.92. The Bertz CT molecular complexity index is 396. The zero-order valence-electron chi connectivity index (χ0n) is 10.6. The Morgan fingerprint density at radius 2 is 2.17 bits per heavy atom. The second-order valence-electron chi connectivity index (χ2n) is 4.47. The van der Waals surface area contributed by atoms with E-state index < -0.39 is 0 Å². The molecule has 1 unspecified atom stereocenters. The number of rotatable bonds is 6. The van der Waals surface area contributed by atoms with Crippen LogP contribution in [0, 0.1) is 5.92 Å². The van der Waals surface area contributed by atoms with Gasteiger partial charge in [-0.1, -0.05) is 31.5 Å². The van der Waals surface area contributed by atoms with Crippen LogP contribution in [0.4, 0.5) is 5.69 Å². The average Bonchev–Trinajstić information content (AvgIpc) is 2.29. The number of anilines is 1. The summed E-state index contributed by atoms with van der Waals surface area (Å²) in [6.07, 6.45) is 0. The number of hydrogen-bond donors (Lipinski definition) is 3. The number of hydrogen-bond acceptors (Lipinski definition) is 3. The van der Waals surface area contributed by atoms with Crippen molar-refractivity contribution in [2.75, 3.05) is 18.5 Å². The molecule has 5 heteroatoms. The van der Waals surface area contributed by atoms with Crippen molar-refractivity contribution in [2.24, 2.45) is 5.92 Å². The molecule has 1 aromatic rings. The van der Waals surface area contributed by atoms with Gasteiger partial charge in [0.1, 0.15) is 0 Å². The molecular weight excluding hydrogens is 252 g/mol. The van der Waals surface area contributed by atoms with E-state index >= 15 is 0 Å². The van der Waals surface area contributed by atoms with Crippen LogP contribution in [0.1, 0.15) is 13.8 Å². The number of aliphatic hydroxyl groups excluding tert-OH is 1. The largest absolute Gasteiger partial charge is 0.395 e. The summed E-state index contributed by atoms with van der Waals surface area (Å²) < 4.78 is 0. The highest BCUT2D eigenvalue weighted by atomic mass is 35.5. The lowest BCUT2D eigenvalue weighted by Crippen LogP contribution is -2.41. The first kappa shape index (κ1) is 15.0. The third kappa shape index (κ3) is 5.04. The van der Waals surface area contributed by atoms with Crippen molar-refractivity contribution >= 4 is 23.2 Å². The molecule has 0 bridgehead atoms. The molecule has 1 atom stereocenters. The van der Waals surface area contributed by atoms with Gasteiger partial charge in [0.15, 0.2) is 0 Å². The van der Waals surface area contributed by atoms with Gasteiger partial charge in [0, 0.05) is 16.8 Å². The van der Waals surface area contributed by atoms with Crippen LogP contribution in [-0.4, -0.2) is 30.2 Å². The van der Waals surface area contributed by atoms with Crippen LogP contribution in [0.2, 0.25) is 5.02 Å². The maximum Gasteiger partial charge on any atom is 0.238 e. The molecule has 0 heterocycles. The van der Waals surface area contributed by atoms with Gasteiger partial charge in [-0.05, 0) is 24.1 Å². The molecule has 0 saturated heterocycles. The molecule has 0 fully saturated rings. The third-order valence-electron chi connectivity index (χ3n) is 2.63. The fourth-order valence-corrected chi connectivity index (χ4v) is 1.70. The Morgan fingerprint density at radius 3 is 2.72 bits per heavy atom. The number of amides is 1. The first-order valence-corrected chi connectivity index (χ1v) is 6.30. The van der Waals surface area contributed by atoms with Crippen LogP contribution in [0.5, 0.6) is 0 Å². The fourth-order valence-electron chi connectivity index (χ4n) is 1.51. The average molecular weight is 271 g/mol. The number of carbonyl (C=O) groups is 1. The smallest absolute Gasteiger partial charge is 0.238 e. The van der Waals surface area contributed by atoms with Crippen LogP contribution in [0.15, 0.2) is 24.3 Å². The van der Waals surface area contributed by atoms with Gasteiger partial charge in [-0.3, -0.25) is 4.79 Å². The van der Waals surface area contributed by atoms with E-state index in [9.17, 15) is 4.79 Å². The minimum Gasteiger partial charge on any atom is -0.395 e. The molecule has 0 spiro atoms. The molecule has 3 N–H and O–H groups in total. The van der Waals surface area contributed by atoms with Crippen LogP contribution in [0.25, 0.3) is 0 Å². The highest BCUT2D eigenvalue weighted by Gasteiger charge is 2.12. The van der Waals surface area contributed by atoms with Crippen LogP contribution < -0.4 is 10.6 Å². The zero-order valence-corrected chi connectivity index (χ0v) is 11.4. The Hall–Kier alpha value is -1.10. The van der Waals surface area contributed by atoms with E-state index in [1.807, 2.05) is 13.8 Å². The molecule has 0 aliphatic heterocycles. The number of nitrogens with one attached hydrogen (secondary N) is 2. The molecule has 0 aliphatic rings. The standard InChI is InChI=1S/C13H19ClN2O2/c1-9(2)12(8-17)15-7-13(18)16-11-5-3-4-10(14)6-11/h3-6,9,12,15,17H,7-8H2,1-2H3,(H,16,18). The summed E-state index contributed by atoms with van der Waals surface area (Å²) in [7, 11) is 0. The molecule has 0 saturated carbocycles. The van der Waals surface area contributed by atoms with E-state index in [-0.39, 0.29) is 31.0 Å². The van der Waals surface area contributed by atoms with Crippen molar-refractivity contribution in [3.63, 3.8) is 0 Å². The van der Waals surface area contributed by atoms with E-state index in [0.29, 0.717) is 10.7 Å². The van der Waals surface area contributed by atoms with Crippen molar-refractivity contribution in [3.8, 4) is 0 Å². The van der Waals surface area contributed by atoms with Gasteiger partial charge in [0.05, 0.1) is 13.2 Å². The molecule has 0 radical (unpaired) electrons. The summed E-state index contributed by atoms with van der Waals surface area (Å²) in [5, 5.41) is 15.4. The lowest BCUT2D eigenvalue weighted by atomic mass is 10.1. The minimum atomic E-state index is -0.156. The van der Waals surface area contributed by atoms with Crippen LogP contribution in [-0.2, 0) is 4.79 Å². The molecule has 4 nitrogen and oxygen atoms in total. The summed E-state index contributed by atoms with van der Waals surface area (Å²) in [6, 6.07) is 6.91. The highest BCUT2D eigenvalue weighted by Crippen LogP contribution is 2.14. The van der Waals surface area contributed by atoms with Gasteiger partial charge in [-0.25, -0.2) is 0 Å². The second-order valence-corrected chi connectivity index (χ2v) is 4.91. The van der Waals surface area contributed by atoms with Gasteiger partial charge in [0.2, 0.25) is 5.91 Å². The van der Waals surface area contributed by atoms with Crippen molar-refractivity contribution in [2.45, 2.75) is 19.9 Å². The van der Waals surface area contributed by atoms with Crippen molar-refractivity contribution in [3.05, 3.63) is 29.3 Å². The maximum atomic E-state index is 11.7. The van der Waals surface area contributed by atoms with Gasteiger partial charge in [0.25, 0.3) is 0 Å². The van der Waals surface area contributed by atoms with Gasteiger partial charge < -0.3 is 15.7 Å². The first-order chi connectivity index (χ1) is 8.52. The second kappa shape index (κ2) is 7.36.